The van der Waals surface area contributed by atoms with Gasteiger partial charge in [-0.25, -0.2) is 8.78 Å². The van der Waals surface area contributed by atoms with Crippen molar-refractivity contribution in [3.8, 4) is 5.75 Å². The number of halogens is 3. The predicted octanol–water partition coefficient (Wildman–Crippen LogP) is 4.18. The normalized spacial score (nSPS) is 17.6. The third-order valence-corrected chi connectivity index (χ3v) is 8.75. The van der Waals surface area contributed by atoms with E-state index in [1.165, 1.54) is 67.9 Å². The molecule has 10 nitrogen and oxygen atoms in total. The van der Waals surface area contributed by atoms with Crippen molar-refractivity contribution in [3.05, 3.63) is 64.6 Å². The molecule has 3 aromatic rings. The van der Waals surface area contributed by atoms with E-state index in [0.717, 1.165) is 4.90 Å². The van der Waals surface area contributed by atoms with Crippen LogP contribution in [-0.4, -0.2) is 61.0 Å². The Kier molecular flexibility index (Phi) is 8.61. The molecule has 0 saturated carbocycles. The average Bonchev–Trinajstić information content (AvgIpc) is 3.44. The zero-order valence-corrected chi connectivity index (χ0v) is 24.1. The first-order valence-corrected chi connectivity index (χ1v) is 14.6. The highest BCUT2D eigenvalue weighted by Crippen LogP contribution is 2.50. The molecule has 14 heteroatoms. The van der Waals surface area contributed by atoms with Gasteiger partial charge in [0.1, 0.15) is 30.3 Å². The van der Waals surface area contributed by atoms with Crippen molar-refractivity contribution in [3.63, 3.8) is 0 Å². The quantitative estimate of drug-likeness (QED) is 0.244. The molecule has 1 fully saturated rings. The molecular weight excluding hydrogens is 583 g/mol. The second-order valence-corrected chi connectivity index (χ2v) is 12.9. The number of nitrogens with one attached hydrogen (secondary N) is 1. The van der Waals surface area contributed by atoms with E-state index in [1.54, 1.807) is 0 Å². The minimum Gasteiger partial charge on any atom is -0.475 e. The summed E-state index contributed by atoms with van der Waals surface area (Å²) in [7, 11) is -4.65. The maximum Gasteiger partial charge on any atom is 0.368 e. The Morgan fingerprint density at radius 1 is 1.22 bits per heavy atom. The lowest BCUT2D eigenvalue weighted by Crippen LogP contribution is -2.46. The van der Waals surface area contributed by atoms with Crippen molar-refractivity contribution in [2.75, 3.05) is 6.54 Å². The second kappa shape index (κ2) is 11.5. The van der Waals surface area contributed by atoms with Gasteiger partial charge in [-0.3, -0.25) is 18.9 Å². The number of fused-ring (bicyclic) bond motifs is 1. The Hall–Kier alpha value is -3.31. The van der Waals surface area contributed by atoms with Crippen molar-refractivity contribution in [1.29, 1.82) is 0 Å². The lowest BCUT2D eigenvalue weighted by molar-refractivity contribution is -0.139. The van der Waals surface area contributed by atoms with Gasteiger partial charge in [0.05, 0.1) is 17.1 Å². The van der Waals surface area contributed by atoms with Crippen molar-refractivity contribution in [1.82, 2.24) is 14.8 Å². The molecule has 2 heterocycles. The van der Waals surface area contributed by atoms with Crippen LogP contribution in [0.25, 0.3) is 10.9 Å². The number of carbonyl (C=O) groups is 3. The summed E-state index contributed by atoms with van der Waals surface area (Å²) < 4.78 is 47.5. The van der Waals surface area contributed by atoms with E-state index < -0.39 is 42.8 Å². The monoisotopic (exact) mass is 611 g/mol. The molecule has 1 aliphatic rings. The average molecular weight is 612 g/mol. The zero-order valence-electron chi connectivity index (χ0n) is 22.4. The number of aromatic nitrogens is 1. The van der Waals surface area contributed by atoms with Gasteiger partial charge in [0, 0.05) is 41.7 Å². The Labute approximate surface area is 239 Å². The van der Waals surface area contributed by atoms with Gasteiger partial charge in [0.15, 0.2) is 5.78 Å². The molecule has 2 aromatic carbocycles. The van der Waals surface area contributed by atoms with Crippen molar-refractivity contribution >= 4 is 47.7 Å². The minimum atomic E-state index is -4.65. The number of Topliss-reactive ketones (excluding diaryl/α,β-unsaturated/α-hetero) is 1. The number of likely N-dealkylation sites (tertiary alicyclic amines) is 1. The number of alkyl halides is 1. The number of ether oxygens (including phenoxy) is 1. The first kappa shape index (κ1) is 30.6. The first-order chi connectivity index (χ1) is 19.1. The third kappa shape index (κ3) is 6.46. The molecule has 41 heavy (non-hydrogen) atoms. The summed E-state index contributed by atoms with van der Waals surface area (Å²) in [4.78, 5) is 58.9. The SMILES string of the molecule is CC(=O)c1cn(CC(=O)N2C[C@H](F)C[C@H]2C(=O)NCc2cccc(Cl)c2F)c2cc(OC(C)(C)P(=O)(O)O)ccc12. The van der Waals surface area contributed by atoms with Gasteiger partial charge < -0.3 is 29.3 Å². The third-order valence-electron chi connectivity index (χ3n) is 6.97. The Balaban J connectivity index is 1.57. The van der Waals surface area contributed by atoms with E-state index in [0.29, 0.717) is 10.9 Å². The van der Waals surface area contributed by atoms with Gasteiger partial charge in [-0.1, -0.05) is 23.7 Å². The van der Waals surface area contributed by atoms with Gasteiger partial charge >= 0.3 is 7.60 Å². The summed E-state index contributed by atoms with van der Waals surface area (Å²) in [5.41, 5.74) is 0.779. The number of hydrogen-bond donors (Lipinski definition) is 3. The lowest BCUT2D eigenvalue weighted by atomic mass is 10.1. The standard InChI is InChI=1S/C27H29ClF2N3O7P/c1-15(34)20-13-32(22-10-18(7-8-19(20)22)40-27(2,3)41(37,38)39)14-24(35)33-12-17(29)9-23(33)26(36)31-11-16-5-4-6-21(28)25(16)30/h4-8,10,13,17,23H,9,11-12,14H2,1-3H3,(H,31,36)(H2,37,38,39)/t17-,23+/m1/s1. The van der Waals surface area contributed by atoms with Crippen LogP contribution in [0.4, 0.5) is 8.78 Å². The fourth-order valence-corrected chi connectivity index (χ4v) is 5.04. The van der Waals surface area contributed by atoms with Crippen molar-refractivity contribution < 1.29 is 42.3 Å². The number of hydrogen-bond acceptors (Lipinski definition) is 5. The molecule has 1 aromatic heterocycles. The number of ketones is 1. The summed E-state index contributed by atoms with van der Waals surface area (Å²) in [5.74, 6) is -2.15. The fraction of sp³-hybridized carbons (Fsp3) is 0.370. The molecule has 0 aliphatic carbocycles. The van der Waals surface area contributed by atoms with E-state index in [2.05, 4.69) is 5.32 Å². The van der Waals surface area contributed by atoms with Crippen LogP contribution in [-0.2, 0) is 27.2 Å². The van der Waals surface area contributed by atoms with E-state index in [-0.39, 0.29) is 53.7 Å². The molecule has 2 atom stereocenters. The molecule has 1 aliphatic heterocycles. The minimum absolute atomic E-state index is 0.0863. The summed E-state index contributed by atoms with van der Waals surface area (Å²) >= 11 is 5.78. The highest BCUT2D eigenvalue weighted by atomic mass is 35.5. The molecule has 4 rings (SSSR count). The van der Waals surface area contributed by atoms with E-state index in [4.69, 9.17) is 16.3 Å². The largest absolute Gasteiger partial charge is 0.475 e. The molecule has 220 valence electrons. The number of benzene rings is 2. The molecule has 0 unspecified atom stereocenters. The van der Waals surface area contributed by atoms with Crippen molar-refractivity contribution in [2.24, 2.45) is 0 Å². The van der Waals surface area contributed by atoms with Crippen LogP contribution in [0.2, 0.25) is 5.02 Å². The molecule has 1 saturated heterocycles. The smallest absolute Gasteiger partial charge is 0.368 e. The first-order valence-electron chi connectivity index (χ1n) is 12.6. The van der Waals surface area contributed by atoms with Crippen LogP contribution in [0, 0.1) is 5.82 Å². The number of amides is 2. The van der Waals surface area contributed by atoms with Gasteiger partial charge in [0.25, 0.3) is 0 Å². The molecule has 2 amide bonds. The van der Waals surface area contributed by atoms with E-state index in [9.17, 15) is 37.5 Å². The van der Waals surface area contributed by atoms with Crippen LogP contribution < -0.4 is 10.1 Å². The number of rotatable bonds is 9. The fourth-order valence-electron chi connectivity index (χ4n) is 4.63. The highest BCUT2D eigenvalue weighted by Gasteiger charge is 2.41. The molecule has 0 spiro atoms. The number of nitrogens with zero attached hydrogens (tertiary/aromatic N) is 2. The molecule has 3 N–H and O–H groups in total. The molecule has 0 bridgehead atoms. The summed E-state index contributed by atoms with van der Waals surface area (Å²) in [6, 6.07) is 7.63. The van der Waals surface area contributed by atoms with Gasteiger partial charge in [-0.2, -0.15) is 0 Å². The summed E-state index contributed by atoms with van der Waals surface area (Å²) in [5, 5.41) is 1.05. The Morgan fingerprint density at radius 2 is 1.93 bits per heavy atom. The summed E-state index contributed by atoms with van der Waals surface area (Å²) in [6.07, 6.45) is -0.249. The lowest BCUT2D eigenvalue weighted by Gasteiger charge is -2.27. The molecule has 0 radical (unpaired) electrons. The van der Waals surface area contributed by atoms with Crippen LogP contribution >= 0.6 is 19.2 Å². The van der Waals surface area contributed by atoms with Crippen LogP contribution in [0.3, 0.4) is 0 Å². The Bertz CT molecular complexity index is 1570. The zero-order chi connectivity index (χ0) is 30.3. The highest BCUT2D eigenvalue weighted by molar-refractivity contribution is 7.53. The molecular formula is C27H29ClF2N3O7P. The van der Waals surface area contributed by atoms with Gasteiger partial charge in [-0.15, -0.1) is 0 Å². The van der Waals surface area contributed by atoms with E-state index >= 15 is 0 Å². The predicted molar refractivity (Wildman–Crippen MR) is 147 cm³/mol. The second-order valence-electron chi connectivity index (χ2n) is 10.3. The topological polar surface area (TPSA) is 138 Å². The summed E-state index contributed by atoms with van der Waals surface area (Å²) in [6.45, 7) is 2.90. The van der Waals surface area contributed by atoms with Gasteiger partial charge in [-0.05, 0) is 39.0 Å². The maximum absolute atomic E-state index is 14.5. The van der Waals surface area contributed by atoms with Crippen LogP contribution in [0.15, 0.2) is 42.6 Å². The number of carbonyl (C=O) groups excluding carboxylic acids is 3. The van der Waals surface area contributed by atoms with Crippen molar-refractivity contribution in [2.45, 2.75) is 57.8 Å². The van der Waals surface area contributed by atoms with Crippen LogP contribution in [0.5, 0.6) is 5.75 Å². The van der Waals surface area contributed by atoms with Crippen LogP contribution in [0.1, 0.15) is 43.1 Å². The maximum atomic E-state index is 14.5. The van der Waals surface area contributed by atoms with E-state index in [1.807, 2.05) is 0 Å². The van der Waals surface area contributed by atoms with Gasteiger partial charge in [0.2, 0.25) is 17.2 Å². The Morgan fingerprint density at radius 3 is 2.59 bits per heavy atom.